The molecule has 4 rings (SSSR count). The molecule has 2 aromatic rings. The molecule has 1 saturated heterocycles. The number of esters is 2. The number of amides is 1. The van der Waals surface area contributed by atoms with Crippen molar-refractivity contribution < 1.29 is 23.9 Å². The minimum atomic E-state index is -0.650. The molecule has 2 aliphatic heterocycles. The van der Waals surface area contributed by atoms with Crippen LogP contribution in [0.4, 0.5) is 0 Å². The second-order valence-electron chi connectivity index (χ2n) is 7.62. The summed E-state index contributed by atoms with van der Waals surface area (Å²) in [5, 5.41) is -0.308. The van der Waals surface area contributed by atoms with Gasteiger partial charge in [-0.1, -0.05) is 66.7 Å². The number of allylic oxidation sites excluding steroid dienone is 1. The van der Waals surface area contributed by atoms with Crippen molar-refractivity contribution in [3.63, 3.8) is 0 Å². The monoisotopic (exact) mass is 464 g/mol. The first-order valence-corrected chi connectivity index (χ1v) is 11.6. The molecule has 0 aromatic heterocycles. The first kappa shape index (κ1) is 22.8. The molecule has 2 aliphatic rings. The van der Waals surface area contributed by atoms with Gasteiger partial charge in [-0.15, -0.1) is 11.8 Å². The number of ether oxygens (including phenoxy) is 2. The Morgan fingerprint density at radius 3 is 2.30 bits per heavy atom. The lowest BCUT2D eigenvalue weighted by atomic mass is 10.0. The van der Waals surface area contributed by atoms with Crippen molar-refractivity contribution in [1.82, 2.24) is 4.90 Å². The molecule has 0 spiro atoms. The summed E-state index contributed by atoms with van der Waals surface area (Å²) in [5.74, 6) is -0.847. The fourth-order valence-corrected chi connectivity index (χ4v) is 5.03. The quantitative estimate of drug-likeness (QED) is 0.497. The smallest absolute Gasteiger partial charge is 0.356 e. The summed E-state index contributed by atoms with van der Waals surface area (Å²) >= 11 is 1.49. The van der Waals surface area contributed by atoms with Gasteiger partial charge in [0.1, 0.15) is 23.7 Å². The van der Waals surface area contributed by atoms with E-state index in [0.29, 0.717) is 11.3 Å². The van der Waals surface area contributed by atoms with E-state index in [0.717, 1.165) is 11.1 Å². The van der Waals surface area contributed by atoms with Crippen LogP contribution in [0.3, 0.4) is 0 Å². The van der Waals surface area contributed by atoms with Crippen LogP contribution in [0.5, 0.6) is 0 Å². The van der Waals surface area contributed by atoms with E-state index in [4.69, 9.17) is 15.2 Å². The van der Waals surface area contributed by atoms with Crippen LogP contribution in [0.15, 0.2) is 84.1 Å². The standard InChI is InChI=1S/C25H24N2O5S/c1-16(28)31-14-8-13-19-15-33-24-20(26)23(29)27(24)21(19)25(30)32-22(17-9-4-2-5-10-17)18-11-6-3-7-12-18/h2-13,20,22,24H,14-15,26H2,1H3/b13-8+/t20-,24-/m1/s1. The lowest BCUT2D eigenvalue weighted by Crippen LogP contribution is -2.68. The number of rotatable bonds is 7. The number of benzene rings is 2. The topological polar surface area (TPSA) is 98.9 Å². The zero-order valence-electron chi connectivity index (χ0n) is 18.0. The van der Waals surface area contributed by atoms with Crippen molar-refractivity contribution in [2.45, 2.75) is 24.4 Å². The van der Waals surface area contributed by atoms with Gasteiger partial charge in [0.2, 0.25) is 5.91 Å². The van der Waals surface area contributed by atoms with Gasteiger partial charge in [0.25, 0.3) is 0 Å². The van der Waals surface area contributed by atoms with Crippen molar-refractivity contribution in [2.75, 3.05) is 12.4 Å². The molecule has 0 radical (unpaired) electrons. The van der Waals surface area contributed by atoms with Gasteiger partial charge < -0.3 is 15.2 Å². The fourth-order valence-electron chi connectivity index (χ4n) is 3.76. The SMILES string of the molecule is CC(=O)OC/C=C/C1=C(C(=O)OC(c2ccccc2)c2ccccc2)N2C(=O)[C@@H](N)[C@H]2SC1. The average molecular weight is 465 g/mol. The zero-order chi connectivity index (χ0) is 23.4. The highest BCUT2D eigenvalue weighted by Gasteiger charge is 2.52. The molecule has 170 valence electrons. The molecule has 0 bridgehead atoms. The van der Waals surface area contributed by atoms with Crippen LogP contribution >= 0.6 is 11.8 Å². The van der Waals surface area contributed by atoms with Gasteiger partial charge in [0.05, 0.1) is 0 Å². The Kier molecular flexibility index (Phi) is 6.96. The van der Waals surface area contributed by atoms with Crippen molar-refractivity contribution in [3.8, 4) is 0 Å². The molecule has 8 heteroatoms. The molecule has 0 unspecified atom stereocenters. The lowest BCUT2D eigenvalue weighted by molar-refractivity contribution is -0.153. The highest BCUT2D eigenvalue weighted by Crippen LogP contribution is 2.41. The Balaban J connectivity index is 1.66. The third kappa shape index (κ3) is 4.86. The molecule has 0 aliphatic carbocycles. The van der Waals surface area contributed by atoms with E-state index in [1.165, 1.54) is 23.6 Å². The molecule has 1 fully saturated rings. The van der Waals surface area contributed by atoms with Gasteiger partial charge in [-0.25, -0.2) is 4.79 Å². The van der Waals surface area contributed by atoms with Gasteiger partial charge in [-0.05, 0) is 22.8 Å². The maximum absolute atomic E-state index is 13.5. The molecule has 0 saturated carbocycles. The van der Waals surface area contributed by atoms with Gasteiger partial charge in [0.15, 0.2) is 6.10 Å². The Bertz CT molecular complexity index is 1060. The number of fused-ring (bicyclic) bond motifs is 1. The largest absolute Gasteiger partial charge is 0.462 e. The molecule has 2 atom stereocenters. The van der Waals surface area contributed by atoms with Crippen LogP contribution in [-0.4, -0.2) is 46.5 Å². The van der Waals surface area contributed by atoms with E-state index in [-0.39, 0.29) is 23.6 Å². The number of hydrogen-bond acceptors (Lipinski definition) is 7. The van der Waals surface area contributed by atoms with Crippen molar-refractivity contribution in [3.05, 3.63) is 95.2 Å². The number of nitrogens with zero attached hydrogens (tertiary/aromatic N) is 1. The average Bonchev–Trinajstić information content (AvgIpc) is 2.85. The number of hydrogen-bond donors (Lipinski definition) is 1. The molecule has 1 amide bonds. The molecular weight excluding hydrogens is 440 g/mol. The predicted molar refractivity (Wildman–Crippen MR) is 125 cm³/mol. The predicted octanol–water partition coefficient (Wildman–Crippen LogP) is 2.94. The normalized spacial score (nSPS) is 20.0. The second kappa shape index (κ2) is 10.1. The number of thioether (sulfide) groups is 1. The van der Waals surface area contributed by atoms with Crippen LogP contribution in [0.2, 0.25) is 0 Å². The molecule has 2 heterocycles. The summed E-state index contributed by atoms with van der Waals surface area (Å²) in [6.45, 7) is 1.39. The first-order valence-electron chi connectivity index (χ1n) is 10.5. The highest BCUT2D eigenvalue weighted by atomic mass is 32.2. The maximum Gasteiger partial charge on any atom is 0.356 e. The van der Waals surface area contributed by atoms with Crippen LogP contribution in [0, 0.1) is 0 Å². The van der Waals surface area contributed by atoms with Gasteiger partial charge in [0, 0.05) is 12.7 Å². The molecule has 7 nitrogen and oxygen atoms in total. The summed E-state index contributed by atoms with van der Waals surface area (Å²) in [5.41, 5.74) is 8.40. The Morgan fingerprint density at radius 2 is 1.73 bits per heavy atom. The molecule has 2 N–H and O–H groups in total. The number of carbonyl (C=O) groups excluding carboxylic acids is 3. The van der Waals surface area contributed by atoms with Gasteiger partial charge in [-0.2, -0.15) is 0 Å². The van der Waals surface area contributed by atoms with Crippen LogP contribution in [-0.2, 0) is 23.9 Å². The molecular formula is C25H24N2O5S. The third-order valence-electron chi connectivity index (χ3n) is 5.36. The summed E-state index contributed by atoms with van der Waals surface area (Å²) < 4.78 is 11.0. The van der Waals surface area contributed by atoms with Crippen LogP contribution in [0.25, 0.3) is 0 Å². The van der Waals surface area contributed by atoms with Crippen LogP contribution in [0.1, 0.15) is 24.2 Å². The van der Waals surface area contributed by atoms with E-state index in [9.17, 15) is 14.4 Å². The number of carbonyl (C=O) groups is 3. The minimum Gasteiger partial charge on any atom is -0.462 e. The van der Waals surface area contributed by atoms with E-state index in [1.807, 2.05) is 60.7 Å². The highest BCUT2D eigenvalue weighted by molar-refractivity contribution is 8.00. The van der Waals surface area contributed by atoms with Crippen molar-refractivity contribution >= 4 is 29.6 Å². The lowest BCUT2D eigenvalue weighted by Gasteiger charge is -2.48. The first-order chi connectivity index (χ1) is 16.0. The van der Waals surface area contributed by atoms with E-state index < -0.39 is 24.1 Å². The third-order valence-corrected chi connectivity index (χ3v) is 6.69. The van der Waals surface area contributed by atoms with E-state index in [2.05, 4.69) is 0 Å². The zero-order valence-corrected chi connectivity index (χ0v) is 18.9. The maximum atomic E-state index is 13.5. The Morgan fingerprint density at radius 1 is 1.12 bits per heavy atom. The number of nitrogens with two attached hydrogens (primary N) is 1. The summed E-state index contributed by atoms with van der Waals surface area (Å²) in [6, 6.07) is 18.2. The summed E-state index contributed by atoms with van der Waals surface area (Å²) in [6.07, 6.45) is 2.69. The number of β-lactam (4-membered cyclic amide) rings is 1. The van der Waals surface area contributed by atoms with E-state index >= 15 is 0 Å². The van der Waals surface area contributed by atoms with E-state index in [1.54, 1.807) is 12.2 Å². The minimum absolute atomic E-state index is 0.0688. The van der Waals surface area contributed by atoms with Gasteiger partial charge >= 0.3 is 11.9 Å². The summed E-state index contributed by atoms with van der Waals surface area (Å²) in [4.78, 5) is 38.5. The second-order valence-corrected chi connectivity index (χ2v) is 8.73. The molecule has 33 heavy (non-hydrogen) atoms. The van der Waals surface area contributed by atoms with Crippen LogP contribution < -0.4 is 5.73 Å². The van der Waals surface area contributed by atoms with Gasteiger partial charge in [-0.3, -0.25) is 14.5 Å². The summed E-state index contributed by atoms with van der Waals surface area (Å²) in [7, 11) is 0. The fraction of sp³-hybridized carbons (Fsp3) is 0.240. The van der Waals surface area contributed by atoms with Crippen molar-refractivity contribution in [2.24, 2.45) is 5.73 Å². The Hall–Kier alpha value is -3.36. The van der Waals surface area contributed by atoms with Crippen molar-refractivity contribution in [1.29, 1.82) is 0 Å². The molecule has 2 aromatic carbocycles. The Labute approximate surface area is 196 Å².